The van der Waals surface area contributed by atoms with Gasteiger partial charge in [0.2, 0.25) is 5.91 Å². The van der Waals surface area contributed by atoms with Gasteiger partial charge in [-0.05, 0) is 25.3 Å². The van der Waals surface area contributed by atoms with Crippen molar-refractivity contribution < 1.29 is 23.5 Å². The molecule has 1 aromatic heterocycles. The number of carboxylic acids is 1. The lowest BCUT2D eigenvalue weighted by Crippen LogP contribution is -2.43. The molecule has 3 rings (SSSR count). The van der Waals surface area contributed by atoms with Crippen molar-refractivity contribution in [3.63, 3.8) is 0 Å². The van der Waals surface area contributed by atoms with E-state index in [0.29, 0.717) is 23.6 Å². The molecule has 0 bridgehead atoms. The zero-order chi connectivity index (χ0) is 17.3. The van der Waals surface area contributed by atoms with Crippen LogP contribution in [0, 0.1) is 11.7 Å². The molecule has 3 atom stereocenters. The van der Waals surface area contributed by atoms with Crippen LogP contribution in [0.4, 0.5) is 14.6 Å². The monoisotopic (exact) mass is 357 g/mol. The number of carbonyl (C=O) groups is 2. The molecular weight excluding hydrogens is 340 g/mol. The number of aliphatic carboxylic acids is 1. The number of carbonyl (C=O) groups excluding carboxylic acids is 1. The number of anilines is 1. The highest BCUT2D eigenvalue weighted by atomic mass is 32.2. The third-order valence-electron chi connectivity index (χ3n) is 4.28. The summed E-state index contributed by atoms with van der Waals surface area (Å²) in [7, 11) is 0. The molecule has 6 nitrogen and oxygen atoms in total. The summed E-state index contributed by atoms with van der Waals surface area (Å²) in [4.78, 5) is 27.0. The van der Waals surface area contributed by atoms with Crippen molar-refractivity contribution in [2.24, 2.45) is 5.92 Å². The van der Waals surface area contributed by atoms with Crippen LogP contribution < -0.4 is 10.6 Å². The summed E-state index contributed by atoms with van der Waals surface area (Å²) in [6, 6.07) is 0.791. The van der Waals surface area contributed by atoms with E-state index < -0.39 is 29.9 Å². The molecule has 2 aliphatic rings. The molecule has 1 fully saturated rings. The Morgan fingerprint density at radius 1 is 1.50 bits per heavy atom. The molecule has 0 unspecified atom stereocenters. The molecule has 9 heteroatoms. The lowest BCUT2D eigenvalue weighted by molar-refractivity contribution is -0.143. The number of pyridine rings is 1. The van der Waals surface area contributed by atoms with E-state index >= 15 is 0 Å². The van der Waals surface area contributed by atoms with Gasteiger partial charge in [-0.2, -0.15) is 0 Å². The summed E-state index contributed by atoms with van der Waals surface area (Å²) in [5.74, 6) is -1.81. The Hall–Kier alpha value is -1.74. The van der Waals surface area contributed by atoms with Crippen LogP contribution in [0.1, 0.15) is 25.0 Å². The summed E-state index contributed by atoms with van der Waals surface area (Å²) >= 11 is 1.22. The standard InChI is InChI=1S/C15H17F2N3O3S/c16-8-3-7(15(22)23)1-2-10(8)18-5-11-9(17)4-12-14(19-11)20-13(21)6-24-12/h4,7-8,10,18H,1-3,5-6H2,(H,22,23)(H,19,20,21)/t7-,8+,10-/m1/s1. The number of hydrogen-bond donors (Lipinski definition) is 3. The number of carboxylic acid groups (broad SMARTS) is 1. The highest BCUT2D eigenvalue weighted by Crippen LogP contribution is 2.31. The predicted molar refractivity (Wildman–Crippen MR) is 84.0 cm³/mol. The van der Waals surface area contributed by atoms with E-state index in [0.717, 1.165) is 0 Å². The van der Waals surface area contributed by atoms with Gasteiger partial charge in [0, 0.05) is 12.6 Å². The first-order valence-electron chi connectivity index (χ1n) is 7.66. The van der Waals surface area contributed by atoms with Crippen LogP contribution >= 0.6 is 11.8 Å². The summed E-state index contributed by atoms with van der Waals surface area (Å²) in [5, 5.41) is 14.4. The molecular formula is C15H17F2N3O3S. The molecule has 1 amide bonds. The van der Waals surface area contributed by atoms with E-state index in [4.69, 9.17) is 5.11 Å². The second-order valence-corrected chi connectivity index (χ2v) is 6.97. The maximum atomic E-state index is 14.1. The molecule has 0 aromatic carbocycles. The van der Waals surface area contributed by atoms with Gasteiger partial charge >= 0.3 is 5.97 Å². The van der Waals surface area contributed by atoms with Crippen molar-refractivity contribution in [3.8, 4) is 0 Å². The molecule has 1 aromatic rings. The Morgan fingerprint density at radius 3 is 3.00 bits per heavy atom. The van der Waals surface area contributed by atoms with Crippen LogP contribution in [0.2, 0.25) is 0 Å². The summed E-state index contributed by atoms with van der Waals surface area (Å²) < 4.78 is 28.2. The summed E-state index contributed by atoms with van der Waals surface area (Å²) in [6.07, 6.45) is -0.576. The molecule has 24 heavy (non-hydrogen) atoms. The number of amides is 1. The van der Waals surface area contributed by atoms with Crippen LogP contribution in [-0.4, -0.2) is 39.9 Å². The topological polar surface area (TPSA) is 91.3 Å². The van der Waals surface area contributed by atoms with Crippen molar-refractivity contribution in [2.45, 2.75) is 42.9 Å². The fraction of sp³-hybridized carbons (Fsp3) is 0.533. The Labute approximate surface area is 141 Å². The van der Waals surface area contributed by atoms with E-state index in [1.54, 1.807) is 0 Å². The number of nitrogens with zero attached hydrogens (tertiary/aromatic N) is 1. The quantitative estimate of drug-likeness (QED) is 0.763. The van der Waals surface area contributed by atoms with Gasteiger partial charge in [-0.3, -0.25) is 9.59 Å². The van der Waals surface area contributed by atoms with Crippen molar-refractivity contribution in [1.29, 1.82) is 0 Å². The smallest absolute Gasteiger partial charge is 0.306 e. The largest absolute Gasteiger partial charge is 0.481 e. The minimum atomic E-state index is -1.30. The van der Waals surface area contributed by atoms with Gasteiger partial charge in [0.1, 0.15) is 17.8 Å². The van der Waals surface area contributed by atoms with Crippen LogP contribution in [0.3, 0.4) is 0 Å². The fourth-order valence-corrected chi connectivity index (χ4v) is 3.72. The van der Waals surface area contributed by atoms with E-state index in [1.165, 1.54) is 17.8 Å². The third-order valence-corrected chi connectivity index (χ3v) is 5.31. The minimum absolute atomic E-state index is 0.0163. The molecule has 3 N–H and O–H groups in total. The number of nitrogens with one attached hydrogen (secondary N) is 2. The first-order valence-corrected chi connectivity index (χ1v) is 8.65. The summed E-state index contributed by atoms with van der Waals surface area (Å²) in [6.45, 7) is 0.0163. The Morgan fingerprint density at radius 2 is 2.29 bits per heavy atom. The lowest BCUT2D eigenvalue weighted by Gasteiger charge is -2.30. The van der Waals surface area contributed by atoms with Crippen LogP contribution in [-0.2, 0) is 16.1 Å². The predicted octanol–water partition coefficient (Wildman–Crippen LogP) is 1.95. The van der Waals surface area contributed by atoms with Gasteiger partial charge in [-0.25, -0.2) is 13.8 Å². The minimum Gasteiger partial charge on any atom is -0.481 e. The molecule has 1 aliphatic carbocycles. The lowest BCUT2D eigenvalue weighted by atomic mass is 9.84. The summed E-state index contributed by atoms with van der Waals surface area (Å²) in [5.41, 5.74) is 0.101. The van der Waals surface area contributed by atoms with E-state index in [2.05, 4.69) is 15.6 Å². The van der Waals surface area contributed by atoms with Crippen LogP contribution in [0.25, 0.3) is 0 Å². The first kappa shape index (κ1) is 17.1. The van der Waals surface area contributed by atoms with Gasteiger partial charge < -0.3 is 15.7 Å². The maximum absolute atomic E-state index is 14.1. The van der Waals surface area contributed by atoms with Crippen molar-refractivity contribution in [2.75, 3.05) is 11.1 Å². The average molecular weight is 357 g/mol. The molecule has 0 spiro atoms. The number of aromatic nitrogens is 1. The van der Waals surface area contributed by atoms with Gasteiger partial charge in [-0.1, -0.05) is 0 Å². The Bertz CT molecular complexity index is 674. The van der Waals surface area contributed by atoms with Gasteiger partial charge in [-0.15, -0.1) is 11.8 Å². The van der Waals surface area contributed by atoms with Crippen LogP contribution in [0.15, 0.2) is 11.0 Å². The van der Waals surface area contributed by atoms with E-state index in [-0.39, 0.29) is 30.3 Å². The maximum Gasteiger partial charge on any atom is 0.306 e. The third kappa shape index (κ3) is 3.67. The Kier molecular flexibility index (Phi) is 5.00. The number of fused-ring (bicyclic) bond motifs is 1. The molecule has 2 heterocycles. The molecule has 1 saturated carbocycles. The van der Waals surface area contributed by atoms with Gasteiger partial charge in [0.15, 0.2) is 0 Å². The second-order valence-electron chi connectivity index (χ2n) is 5.95. The number of thioether (sulfide) groups is 1. The zero-order valence-electron chi connectivity index (χ0n) is 12.7. The van der Waals surface area contributed by atoms with E-state index in [1.807, 2.05) is 0 Å². The van der Waals surface area contributed by atoms with Crippen molar-refractivity contribution in [3.05, 3.63) is 17.6 Å². The molecule has 130 valence electrons. The van der Waals surface area contributed by atoms with Crippen molar-refractivity contribution in [1.82, 2.24) is 10.3 Å². The number of hydrogen-bond acceptors (Lipinski definition) is 5. The average Bonchev–Trinajstić information content (AvgIpc) is 2.54. The van der Waals surface area contributed by atoms with Gasteiger partial charge in [0.05, 0.1) is 22.3 Å². The zero-order valence-corrected chi connectivity index (χ0v) is 13.5. The van der Waals surface area contributed by atoms with E-state index in [9.17, 15) is 18.4 Å². The highest BCUT2D eigenvalue weighted by molar-refractivity contribution is 8.00. The Balaban J connectivity index is 1.64. The second kappa shape index (κ2) is 7.02. The SMILES string of the molecule is O=C1CSc2cc(F)c(CN[C@@H]3CC[C@@H](C(=O)O)C[C@@H]3F)nc2N1. The number of halogens is 2. The number of alkyl halides is 1. The normalized spacial score (nSPS) is 26.6. The van der Waals surface area contributed by atoms with Crippen LogP contribution in [0.5, 0.6) is 0 Å². The molecule has 1 aliphatic heterocycles. The molecule has 0 saturated heterocycles. The van der Waals surface area contributed by atoms with Gasteiger partial charge in [0.25, 0.3) is 0 Å². The van der Waals surface area contributed by atoms with Crippen molar-refractivity contribution >= 4 is 29.5 Å². The molecule has 0 radical (unpaired) electrons. The first-order chi connectivity index (χ1) is 11.4. The highest BCUT2D eigenvalue weighted by Gasteiger charge is 2.34. The number of rotatable bonds is 4. The fourth-order valence-electron chi connectivity index (χ4n) is 2.94.